The van der Waals surface area contributed by atoms with E-state index >= 15 is 0 Å². The van der Waals surface area contributed by atoms with Gasteiger partial charge in [-0.3, -0.25) is 0 Å². The zero-order valence-electron chi connectivity index (χ0n) is 20.5. The Balaban J connectivity index is 0.000000171. The fraction of sp³-hybridized carbons (Fsp3) is 0.750. The molecule has 6 heteroatoms. The molecule has 4 rings (SSSR count). The average molecular weight is 417 g/mol. The number of hydrogen-bond acceptors (Lipinski definition) is 2. The molecule has 168 valence electrons. The van der Waals surface area contributed by atoms with Crippen molar-refractivity contribution in [3.05, 3.63) is 36.4 Å². The van der Waals surface area contributed by atoms with Crippen LogP contribution in [0.4, 0.5) is 0 Å². The highest BCUT2D eigenvalue weighted by atomic mass is 15.6. The second kappa shape index (κ2) is 9.44. The van der Waals surface area contributed by atoms with Gasteiger partial charge in [0.05, 0.1) is 50.1 Å². The molecule has 0 N–H and O–H groups in total. The summed E-state index contributed by atoms with van der Waals surface area (Å²) < 4.78 is 9.45. The number of fused-ring (bicyclic) bond motifs is 2. The van der Waals surface area contributed by atoms with Gasteiger partial charge in [-0.05, 0) is 68.2 Å². The first-order valence-electron chi connectivity index (χ1n) is 12.0. The highest BCUT2D eigenvalue weighted by Gasteiger charge is 2.30. The van der Waals surface area contributed by atoms with Crippen molar-refractivity contribution in [2.45, 2.75) is 105 Å². The van der Waals surface area contributed by atoms with Crippen molar-refractivity contribution in [1.29, 1.82) is 0 Å². The number of aromatic nitrogens is 4. The molecule has 0 bridgehead atoms. The first-order chi connectivity index (χ1) is 14.2. The highest BCUT2D eigenvalue weighted by molar-refractivity contribution is 5.02. The molecule has 0 spiro atoms. The predicted octanol–water partition coefficient (Wildman–Crippen LogP) is 3.30. The third kappa shape index (κ3) is 4.52. The Labute approximate surface area is 183 Å². The number of hydrogen-bond donors (Lipinski definition) is 0. The maximum Gasteiger partial charge on any atom is 0.280 e. The fourth-order valence-electron chi connectivity index (χ4n) is 4.77. The molecule has 30 heavy (non-hydrogen) atoms. The first-order valence-corrected chi connectivity index (χ1v) is 12.0. The lowest BCUT2D eigenvalue weighted by Crippen LogP contribution is -2.49. The lowest BCUT2D eigenvalue weighted by Gasteiger charge is -2.29. The standard InChI is InChI=1S/2C12H22N3/c2*1-10(2)13-8-9-15-12(13)6-5-7-14(15)11(3)4/h2*8-11H,5-7H2,1-4H3/q2*+1. The summed E-state index contributed by atoms with van der Waals surface area (Å²) in [6.07, 6.45) is 13.8. The van der Waals surface area contributed by atoms with Crippen LogP contribution in [0.2, 0.25) is 0 Å². The van der Waals surface area contributed by atoms with Crippen molar-refractivity contribution in [3.63, 3.8) is 0 Å². The molecule has 2 aliphatic rings. The Morgan fingerprint density at radius 2 is 1.00 bits per heavy atom. The Morgan fingerprint density at radius 1 is 0.633 bits per heavy atom. The summed E-state index contributed by atoms with van der Waals surface area (Å²) in [6.45, 7) is 20.4. The summed E-state index contributed by atoms with van der Waals surface area (Å²) in [4.78, 5) is 0. The van der Waals surface area contributed by atoms with Crippen molar-refractivity contribution in [2.75, 3.05) is 23.1 Å². The molecule has 0 radical (unpaired) electrons. The third-order valence-corrected chi connectivity index (χ3v) is 6.30. The molecule has 2 aliphatic heterocycles. The van der Waals surface area contributed by atoms with Gasteiger partial charge in [-0.1, -0.05) is 0 Å². The topological polar surface area (TPSA) is 24.1 Å². The maximum absolute atomic E-state index is 2.44. The van der Waals surface area contributed by atoms with Gasteiger partial charge >= 0.3 is 0 Å². The summed E-state index contributed by atoms with van der Waals surface area (Å²) in [6, 6.07) is 2.29. The minimum Gasteiger partial charge on any atom is -0.241 e. The Hall–Kier alpha value is -1.98. The molecular formula is C24H44N6+2. The van der Waals surface area contributed by atoms with Crippen molar-refractivity contribution in [2.24, 2.45) is 0 Å². The van der Waals surface area contributed by atoms with E-state index in [1.54, 1.807) is 0 Å². The van der Waals surface area contributed by atoms with E-state index in [1.807, 2.05) is 0 Å². The molecular weight excluding hydrogens is 372 g/mol. The minimum atomic E-state index is 0.563. The van der Waals surface area contributed by atoms with E-state index in [0.717, 1.165) is 0 Å². The smallest absolute Gasteiger partial charge is 0.241 e. The van der Waals surface area contributed by atoms with Crippen LogP contribution in [-0.2, 0) is 12.8 Å². The van der Waals surface area contributed by atoms with Gasteiger partial charge in [0, 0.05) is 0 Å². The van der Waals surface area contributed by atoms with Crippen molar-refractivity contribution < 1.29 is 9.13 Å². The van der Waals surface area contributed by atoms with Gasteiger partial charge in [0.2, 0.25) is 0 Å². The molecule has 4 heterocycles. The largest absolute Gasteiger partial charge is 0.280 e. The van der Waals surface area contributed by atoms with Crippen LogP contribution in [0, 0.1) is 0 Å². The molecule has 6 nitrogen and oxygen atoms in total. The van der Waals surface area contributed by atoms with Crippen LogP contribution in [0.3, 0.4) is 0 Å². The molecule has 0 aliphatic carbocycles. The van der Waals surface area contributed by atoms with Gasteiger partial charge in [-0.25, -0.2) is 19.2 Å². The molecule has 0 amide bonds. The first kappa shape index (κ1) is 22.7. The quantitative estimate of drug-likeness (QED) is 0.714. The van der Waals surface area contributed by atoms with Gasteiger partial charge < -0.3 is 0 Å². The monoisotopic (exact) mass is 416 g/mol. The second-order valence-corrected chi connectivity index (χ2v) is 9.84. The van der Waals surface area contributed by atoms with Gasteiger partial charge in [-0.15, -0.1) is 9.35 Å². The predicted molar refractivity (Wildman–Crippen MR) is 123 cm³/mol. The van der Waals surface area contributed by atoms with Crippen LogP contribution in [0.15, 0.2) is 24.8 Å². The molecule has 0 atom stereocenters. The minimum absolute atomic E-state index is 0.563. The van der Waals surface area contributed by atoms with Crippen LogP contribution >= 0.6 is 0 Å². The molecule has 0 aromatic carbocycles. The summed E-state index contributed by atoms with van der Waals surface area (Å²) in [5, 5.41) is 4.88. The molecule has 2 aromatic heterocycles. The van der Waals surface area contributed by atoms with E-state index in [9.17, 15) is 0 Å². The van der Waals surface area contributed by atoms with Gasteiger partial charge in [0.25, 0.3) is 11.6 Å². The Morgan fingerprint density at radius 3 is 1.30 bits per heavy atom. The SMILES string of the molecule is CC(C)N1CCCc2n1cc[n+]2C(C)C.CC(C)N1CCCc2n1cc[n+]2C(C)C. The van der Waals surface area contributed by atoms with E-state index in [4.69, 9.17) is 0 Å². The third-order valence-electron chi connectivity index (χ3n) is 6.30. The summed E-state index contributed by atoms with van der Waals surface area (Å²) in [7, 11) is 0. The van der Waals surface area contributed by atoms with Crippen LogP contribution in [-0.4, -0.2) is 34.5 Å². The van der Waals surface area contributed by atoms with Crippen LogP contribution in [0.5, 0.6) is 0 Å². The van der Waals surface area contributed by atoms with Gasteiger partial charge in [0.1, 0.15) is 12.4 Å². The average Bonchev–Trinajstić information content (AvgIpc) is 3.32. The molecule has 0 saturated carbocycles. The van der Waals surface area contributed by atoms with Crippen LogP contribution in [0.25, 0.3) is 0 Å². The fourth-order valence-corrected chi connectivity index (χ4v) is 4.77. The Kier molecular flexibility index (Phi) is 7.14. The zero-order valence-corrected chi connectivity index (χ0v) is 20.5. The van der Waals surface area contributed by atoms with Crippen LogP contribution in [0.1, 0.15) is 92.0 Å². The van der Waals surface area contributed by atoms with Crippen LogP contribution < -0.4 is 19.2 Å². The lowest BCUT2D eigenvalue weighted by atomic mass is 10.2. The summed E-state index contributed by atoms with van der Waals surface area (Å²) in [5.74, 6) is 2.90. The highest BCUT2D eigenvalue weighted by Crippen LogP contribution is 2.14. The number of nitrogens with zero attached hydrogens (tertiary/aromatic N) is 6. The van der Waals surface area contributed by atoms with Crippen molar-refractivity contribution in [1.82, 2.24) is 9.35 Å². The normalized spacial score (nSPS) is 16.3. The Bertz CT molecular complexity index is 746. The van der Waals surface area contributed by atoms with E-state index in [-0.39, 0.29) is 0 Å². The molecule has 2 aromatic rings. The van der Waals surface area contributed by atoms with E-state index < -0.39 is 0 Å². The summed E-state index contributed by atoms with van der Waals surface area (Å²) in [5.41, 5.74) is 0. The molecule has 0 saturated heterocycles. The van der Waals surface area contributed by atoms with Crippen molar-refractivity contribution in [3.8, 4) is 0 Å². The van der Waals surface area contributed by atoms with Gasteiger partial charge in [0.15, 0.2) is 12.4 Å². The van der Waals surface area contributed by atoms with Gasteiger partial charge in [-0.2, -0.15) is 0 Å². The maximum atomic E-state index is 2.44. The zero-order chi connectivity index (χ0) is 22.0. The molecule has 0 fully saturated rings. The van der Waals surface area contributed by atoms with E-state index in [1.165, 1.54) is 50.4 Å². The molecule has 0 unspecified atom stereocenters. The summed E-state index contributed by atoms with van der Waals surface area (Å²) >= 11 is 0. The van der Waals surface area contributed by atoms with E-state index in [2.05, 4.69) is 109 Å². The van der Waals surface area contributed by atoms with E-state index in [0.29, 0.717) is 24.2 Å². The second-order valence-electron chi connectivity index (χ2n) is 9.84. The lowest BCUT2D eigenvalue weighted by molar-refractivity contribution is -0.723. The van der Waals surface area contributed by atoms with Crippen molar-refractivity contribution >= 4 is 0 Å². The number of rotatable bonds is 4. The number of imidazole rings is 2.